The molecule has 0 N–H and O–H groups in total. The number of hydrogen-bond donors (Lipinski definition) is 0. The molecular weight excluding hydrogens is 314 g/mol. The molecule has 0 bridgehead atoms. The number of ketones is 1. The highest BCUT2D eigenvalue weighted by molar-refractivity contribution is 9.11. The molecule has 1 aliphatic heterocycles. The Bertz CT molecular complexity index is 481. The summed E-state index contributed by atoms with van der Waals surface area (Å²) < 4.78 is 1.08. The highest BCUT2D eigenvalue weighted by atomic mass is 79.9. The third-order valence-electron chi connectivity index (χ3n) is 3.43. The first-order valence-corrected chi connectivity index (χ1v) is 7.60. The number of carbonyl (C=O) groups is 2. The summed E-state index contributed by atoms with van der Waals surface area (Å²) >= 11 is 5.06. The monoisotopic (exact) mass is 329 g/mol. The summed E-state index contributed by atoms with van der Waals surface area (Å²) in [7, 11) is 0. The van der Waals surface area contributed by atoms with E-state index in [4.69, 9.17) is 0 Å². The lowest BCUT2D eigenvalue weighted by atomic mass is 10.0. The first kappa shape index (κ1) is 13.7. The molecule has 2 rings (SSSR count). The number of thiophene rings is 1. The molecule has 1 aromatic rings. The summed E-state index contributed by atoms with van der Waals surface area (Å²) in [6.45, 7) is 4.24. The van der Waals surface area contributed by atoms with Crippen LogP contribution in [0.1, 0.15) is 31.6 Å². The largest absolute Gasteiger partial charge is 0.330 e. The van der Waals surface area contributed by atoms with Crippen molar-refractivity contribution in [3.63, 3.8) is 0 Å². The first-order chi connectivity index (χ1) is 8.41. The molecule has 98 valence electrons. The second-order valence-electron chi connectivity index (χ2n) is 4.98. The molecule has 3 nitrogen and oxygen atoms in total. The van der Waals surface area contributed by atoms with Crippen molar-refractivity contribution in [1.82, 2.24) is 4.90 Å². The fraction of sp³-hybridized carbons (Fsp3) is 0.538. The third kappa shape index (κ3) is 2.67. The molecule has 18 heavy (non-hydrogen) atoms. The van der Waals surface area contributed by atoms with E-state index in [1.807, 2.05) is 26.0 Å². The molecule has 1 fully saturated rings. The SMILES string of the molecule is CC1(C)C(=O)CCN1C(=O)CCc1ccc(Br)s1. The average molecular weight is 330 g/mol. The van der Waals surface area contributed by atoms with Gasteiger partial charge < -0.3 is 4.90 Å². The Hall–Kier alpha value is -0.680. The zero-order chi connectivity index (χ0) is 13.3. The lowest BCUT2D eigenvalue weighted by molar-refractivity contribution is -0.138. The van der Waals surface area contributed by atoms with Crippen LogP contribution in [0, 0.1) is 0 Å². The minimum atomic E-state index is -0.618. The quantitative estimate of drug-likeness (QED) is 0.854. The van der Waals surface area contributed by atoms with Crippen LogP contribution < -0.4 is 0 Å². The molecule has 1 saturated heterocycles. The highest BCUT2D eigenvalue weighted by Gasteiger charge is 2.42. The number of aryl methyl sites for hydroxylation is 1. The molecule has 0 unspecified atom stereocenters. The molecule has 5 heteroatoms. The number of carbonyl (C=O) groups excluding carboxylic acids is 2. The molecule has 1 amide bonds. The number of halogens is 1. The van der Waals surface area contributed by atoms with Gasteiger partial charge in [0.15, 0.2) is 5.78 Å². The van der Waals surface area contributed by atoms with E-state index >= 15 is 0 Å². The molecule has 2 heterocycles. The standard InChI is InChI=1S/C13H16BrNO2S/c1-13(2)10(16)7-8-15(13)12(17)6-4-9-3-5-11(14)18-9/h3,5H,4,6-8H2,1-2H3. The van der Waals surface area contributed by atoms with Crippen molar-refractivity contribution >= 4 is 39.0 Å². The van der Waals surface area contributed by atoms with Crippen LogP contribution in [0.2, 0.25) is 0 Å². The second-order valence-corrected chi connectivity index (χ2v) is 7.53. The van der Waals surface area contributed by atoms with Crippen LogP contribution in [0.3, 0.4) is 0 Å². The first-order valence-electron chi connectivity index (χ1n) is 5.99. The summed E-state index contributed by atoms with van der Waals surface area (Å²) in [6.07, 6.45) is 1.71. The maximum absolute atomic E-state index is 12.2. The van der Waals surface area contributed by atoms with E-state index in [1.54, 1.807) is 16.2 Å². The van der Waals surface area contributed by atoms with Gasteiger partial charge in [0.25, 0.3) is 0 Å². The van der Waals surface area contributed by atoms with Crippen molar-refractivity contribution in [2.24, 2.45) is 0 Å². The van der Waals surface area contributed by atoms with E-state index in [2.05, 4.69) is 15.9 Å². The van der Waals surface area contributed by atoms with Crippen LogP contribution in [-0.4, -0.2) is 28.7 Å². The summed E-state index contributed by atoms with van der Waals surface area (Å²) in [6, 6.07) is 4.02. The van der Waals surface area contributed by atoms with Gasteiger partial charge in [-0.15, -0.1) is 11.3 Å². The van der Waals surface area contributed by atoms with Crippen molar-refractivity contribution in [3.8, 4) is 0 Å². The van der Waals surface area contributed by atoms with Crippen molar-refractivity contribution in [3.05, 3.63) is 20.8 Å². The van der Waals surface area contributed by atoms with Gasteiger partial charge in [0, 0.05) is 24.3 Å². The van der Waals surface area contributed by atoms with Gasteiger partial charge in [-0.25, -0.2) is 0 Å². The van der Waals surface area contributed by atoms with Gasteiger partial charge in [-0.2, -0.15) is 0 Å². The van der Waals surface area contributed by atoms with Crippen LogP contribution in [0.5, 0.6) is 0 Å². The van der Waals surface area contributed by atoms with E-state index in [0.29, 0.717) is 19.4 Å². The molecule has 1 aliphatic rings. The van der Waals surface area contributed by atoms with Crippen LogP contribution in [0.15, 0.2) is 15.9 Å². The Kier molecular flexibility index (Phi) is 3.92. The summed E-state index contributed by atoms with van der Waals surface area (Å²) in [5.74, 6) is 0.241. The number of amides is 1. The Labute approximate surface area is 119 Å². The van der Waals surface area contributed by atoms with Gasteiger partial charge in [0.2, 0.25) is 5.91 Å². The maximum atomic E-state index is 12.2. The van der Waals surface area contributed by atoms with Crippen LogP contribution in [0.4, 0.5) is 0 Å². The Morgan fingerprint density at radius 1 is 1.50 bits per heavy atom. The van der Waals surface area contributed by atoms with Crippen molar-refractivity contribution in [2.45, 2.75) is 38.6 Å². The molecule has 0 atom stereocenters. The van der Waals surface area contributed by atoms with Gasteiger partial charge in [0.05, 0.1) is 9.33 Å². The van der Waals surface area contributed by atoms with Crippen LogP contribution in [0.25, 0.3) is 0 Å². The minimum absolute atomic E-state index is 0.0790. The minimum Gasteiger partial charge on any atom is -0.330 e. The van der Waals surface area contributed by atoms with Gasteiger partial charge in [-0.3, -0.25) is 9.59 Å². The predicted octanol–water partition coefficient (Wildman–Crippen LogP) is 3.02. The second kappa shape index (κ2) is 5.13. The molecule has 1 aromatic heterocycles. The summed E-state index contributed by atoms with van der Waals surface area (Å²) in [4.78, 5) is 26.8. The van der Waals surface area contributed by atoms with Crippen molar-refractivity contribution in [2.75, 3.05) is 6.54 Å². The van der Waals surface area contributed by atoms with Gasteiger partial charge in [-0.1, -0.05) is 0 Å². The Morgan fingerprint density at radius 3 is 2.72 bits per heavy atom. The number of nitrogens with zero attached hydrogens (tertiary/aromatic N) is 1. The van der Waals surface area contributed by atoms with Crippen LogP contribution in [-0.2, 0) is 16.0 Å². The highest BCUT2D eigenvalue weighted by Crippen LogP contribution is 2.27. The summed E-state index contributed by atoms with van der Waals surface area (Å²) in [5, 5.41) is 0. The van der Waals surface area contributed by atoms with Gasteiger partial charge in [-0.05, 0) is 48.3 Å². The van der Waals surface area contributed by atoms with Crippen LogP contribution >= 0.6 is 27.3 Å². The number of Topliss-reactive ketones (excluding diaryl/α,β-unsaturated/α-hetero) is 1. The number of hydrogen-bond acceptors (Lipinski definition) is 3. The third-order valence-corrected chi connectivity index (χ3v) is 5.12. The Balaban J connectivity index is 1.95. The molecule has 0 saturated carbocycles. The van der Waals surface area contributed by atoms with Gasteiger partial charge in [0.1, 0.15) is 0 Å². The fourth-order valence-corrected chi connectivity index (χ4v) is 3.72. The fourth-order valence-electron chi connectivity index (χ4n) is 2.24. The summed E-state index contributed by atoms with van der Waals surface area (Å²) in [5.41, 5.74) is -0.618. The van der Waals surface area contributed by atoms with Crippen molar-refractivity contribution in [1.29, 1.82) is 0 Å². The molecular formula is C13H16BrNO2S. The molecule has 0 aromatic carbocycles. The smallest absolute Gasteiger partial charge is 0.223 e. The maximum Gasteiger partial charge on any atom is 0.223 e. The zero-order valence-corrected chi connectivity index (χ0v) is 12.9. The van der Waals surface area contributed by atoms with E-state index in [-0.39, 0.29) is 11.7 Å². The zero-order valence-electron chi connectivity index (χ0n) is 10.5. The number of rotatable bonds is 3. The van der Waals surface area contributed by atoms with Gasteiger partial charge >= 0.3 is 0 Å². The predicted molar refractivity (Wildman–Crippen MR) is 75.8 cm³/mol. The molecule has 0 aliphatic carbocycles. The average Bonchev–Trinajstić information content (AvgIpc) is 2.82. The van der Waals surface area contributed by atoms with E-state index in [0.717, 1.165) is 10.2 Å². The lowest BCUT2D eigenvalue weighted by Crippen LogP contribution is -2.46. The molecule has 0 spiro atoms. The normalized spacial score (nSPS) is 18.4. The topological polar surface area (TPSA) is 37.4 Å². The van der Waals surface area contributed by atoms with E-state index in [9.17, 15) is 9.59 Å². The van der Waals surface area contributed by atoms with E-state index < -0.39 is 5.54 Å². The Morgan fingerprint density at radius 2 is 2.22 bits per heavy atom. The van der Waals surface area contributed by atoms with E-state index in [1.165, 1.54) is 4.88 Å². The van der Waals surface area contributed by atoms with Crippen molar-refractivity contribution < 1.29 is 9.59 Å². The lowest BCUT2D eigenvalue weighted by Gasteiger charge is -2.30. The number of likely N-dealkylation sites (tertiary alicyclic amines) is 1. The molecule has 0 radical (unpaired) electrons.